The predicted molar refractivity (Wildman–Crippen MR) is 125 cm³/mol. The zero-order valence-electron chi connectivity index (χ0n) is 20.1. The molecule has 8 heteroatoms. The second-order valence-electron chi connectivity index (χ2n) is 10.8. The van der Waals surface area contributed by atoms with E-state index in [0.717, 1.165) is 37.9 Å². The molecule has 0 radical (unpaired) electrons. The van der Waals surface area contributed by atoms with Gasteiger partial charge < -0.3 is 19.3 Å². The van der Waals surface area contributed by atoms with Crippen LogP contribution in [0, 0.1) is 18.8 Å². The average Bonchev–Trinajstić information content (AvgIpc) is 3.51. The van der Waals surface area contributed by atoms with Gasteiger partial charge in [0.05, 0.1) is 6.20 Å². The first-order valence-electron chi connectivity index (χ1n) is 12.9. The highest BCUT2D eigenvalue weighted by Crippen LogP contribution is 2.60. The fourth-order valence-electron chi connectivity index (χ4n) is 7.32. The number of hydrogen-bond donors (Lipinski definition) is 1. The molecule has 2 saturated heterocycles. The highest BCUT2D eigenvalue weighted by molar-refractivity contribution is 5.85. The second kappa shape index (κ2) is 8.33. The van der Waals surface area contributed by atoms with Crippen molar-refractivity contribution in [2.75, 3.05) is 12.0 Å². The van der Waals surface area contributed by atoms with Gasteiger partial charge >= 0.3 is 5.97 Å². The Hall–Kier alpha value is -2.48. The molecule has 34 heavy (non-hydrogen) atoms. The summed E-state index contributed by atoms with van der Waals surface area (Å²) < 4.78 is 12.4. The second-order valence-corrected chi connectivity index (χ2v) is 10.8. The number of fused-ring (bicyclic) bond motifs is 2. The van der Waals surface area contributed by atoms with E-state index in [-0.39, 0.29) is 17.7 Å². The summed E-state index contributed by atoms with van der Waals surface area (Å²) in [4.78, 5) is 23.3. The first-order chi connectivity index (χ1) is 16.5. The van der Waals surface area contributed by atoms with Gasteiger partial charge in [0, 0.05) is 36.2 Å². The number of ether oxygens (including phenoxy) is 1. The van der Waals surface area contributed by atoms with Crippen molar-refractivity contribution in [3.63, 3.8) is 0 Å². The molecule has 1 N–H and O–H groups in total. The van der Waals surface area contributed by atoms with Gasteiger partial charge in [0.15, 0.2) is 11.4 Å². The Morgan fingerprint density at radius 1 is 1.18 bits per heavy atom. The number of piperidine rings is 1. The topological polar surface area (TPSA) is 102 Å². The summed E-state index contributed by atoms with van der Waals surface area (Å²) in [6.45, 7) is 1.83. The number of aryl methyl sites for hydroxylation is 1. The molecule has 182 valence electrons. The minimum Gasteiger partial charge on any atom is -0.477 e. The van der Waals surface area contributed by atoms with Crippen LogP contribution >= 0.6 is 0 Å². The quantitative estimate of drug-likeness (QED) is 0.631. The Morgan fingerprint density at radius 2 is 1.97 bits per heavy atom. The molecule has 4 unspecified atom stereocenters. The molecular weight excluding hydrogens is 432 g/mol. The van der Waals surface area contributed by atoms with Crippen LogP contribution in [0.25, 0.3) is 0 Å². The summed E-state index contributed by atoms with van der Waals surface area (Å²) in [5, 5.41) is 13.9. The number of carbonyl (C=O) groups is 1. The first-order valence-corrected chi connectivity index (χ1v) is 12.9. The fourth-order valence-corrected chi connectivity index (χ4v) is 7.32. The molecule has 4 aliphatic rings. The van der Waals surface area contributed by atoms with Gasteiger partial charge in [0.2, 0.25) is 5.95 Å². The Morgan fingerprint density at radius 3 is 2.68 bits per heavy atom. The van der Waals surface area contributed by atoms with E-state index in [4.69, 9.17) is 14.2 Å². The zero-order chi connectivity index (χ0) is 23.4. The van der Waals surface area contributed by atoms with Crippen LogP contribution in [-0.2, 0) is 4.74 Å². The standard InChI is InChI=1S/C26H34N4O4/c1-15-12-21(24(31)32)29-25(28-15)30-18-10-11-26(30,33-2)22(19(13-18)16-6-4-3-5-7-16)20-14-27-34-23(20)17-8-9-17/h12,14,16-19,22H,3-11,13H2,1-2H3,(H,31,32). The van der Waals surface area contributed by atoms with Gasteiger partial charge in [-0.1, -0.05) is 37.3 Å². The third-order valence-electron chi connectivity index (χ3n) is 8.86. The largest absolute Gasteiger partial charge is 0.477 e. The van der Waals surface area contributed by atoms with Crippen LogP contribution in [0.1, 0.15) is 104 Å². The van der Waals surface area contributed by atoms with Crippen molar-refractivity contribution in [1.29, 1.82) is 0 Å². The SMILES string of the molecule is COC12CCC(CC(C3CCCCC3)C1c1cnoc1C1CC1)N2c1nc(C)cc(C(=O)O)n1. The Labute approximate surface area is 200 Å². The van der Waals surface area contributed by atoms with Crippen molar-refractivity contribution in [3.8, 4) is 0 Å². The molecular formula is C26H34N4O4. The normalized spacial score (nSPS) is 31.7. The third kappa shape index (κ3) is 3.44. The maximum atomic E-state index is 11.8. The van der Waals surface area contributed by atoms with E-state index >= 15 is 0 Å². The number of nitrogens with zero attached hydrogens (tertiary/aromatic N) is 4. The van der Waals surface area contributed by atoms with Crippen molar-refractivity contribution in [3.05, 3.63) is 35.0 Å². The highest BCUT2D eigenvalue weighted by Gasteiger charge is 2.62. The summed E-state index contributed by atoms with van der Waals surface area (Å²) >= 11 is 0. The maximum Gasteiger partial charge on any atom is 0.354 e. The van der Waals surface area contributed by atoms with E-state index in [9.17, 15) is 9.90 Å². The molecule has 0 amide bonds. The van der Waals surface area contributed by atoms with Crippen LogP contribution in [0.2, 0.25) is 0 Å². The molecule has 4 atom stereocenters. The van der Waals surface area contributed by atoms with E-state index in [0.29, 0.717) is 29.4 Å². The number of methoxy groups -OCH3 is 1. The van der Waals surface area contributed by atoms with Crippen molar-refractivity contribution < 1.29 is 19.2 Å². The summed E-state index contributed by atoms with van der Waals surface area (Å²) in [6, 6.07) is 1.76. The molecule has 2 saturated carbocycles. The van der Waals surface area contributed by atoms with E-state index in [1.807, 2.05) is 13.1 Å². The Balaban J connectivity index is 1.49. The van der Waals surface area contributed by atoms with Crippen LogP contribution in [-0.4, -0.2) is 45.1 Å². The van der Waals surface area contributed by atoms with Gasteiger partial charge in [-0.2, -0.15) is 0 Å². The molecule has 2 aliphatic carbocycles. The molecule has 4 heterocycles. The summed E-state index contributed by atoms with van der Waals surface area (Å²) in [7, 11) is 1.80. The minimum atomic E-state index is -1.03. The van der Waals surface area contributed by atoms with E-state index in [1.165, 1.54) is 43.7 Å². The summed E-state index contributed by atoms with van der Waals surface area (Å²) in [5.74, 6) is 2.16. The molecule has 2 bridgehead atoms. The molecule has 0 spiro atoms. The average molecular weight is 467 g/mol. The highest BCUT2D eigenvalue weighted by atomic mass is 16.5. The molecule has 0 aromatic carbocycles. The van der Waals surface area contributed by atoms with Gasteiger partial charge in [-0.3, -0.25) is 0 Å². The molecule has 4 fully saturated rings. The summed E-state index contributed by atoms with van der Waals surface area (Å²) in [5.41, 5.74) is 1.24. The Kier molecular flexibility index (Phi) is 5.39. The van der Waals surface area contributed by atoms with Crippen LogP contribution in [0.15, 0.2) is 16.8 Å². The molecule has 2 aromatic rings. The monoisotopic (exact) mass is 466 g/mol. The molecule has 8 nitrogen and oxygen atoms in total. The maximum absolute atomic E-state index is 11.8. The molecule has 6 rings (SSSR count). The summed E-state index contributed by atoms with van der Waals surface area (Å²) in [6.07, 6.45) is 13.6. The van der Waals surface area contributed by atoms with Gasteiger partial charge in [0.1, 0.15) is 5.76 Å². The number of carboxylic acids is 1. The third-order valence-corrected chi connectivity index (χ3v) is 8.86. The lowest BCUT2D eigenvalue weighted by Crippen LogP contribution is -2.60. The zero-order valence-corrected chi connectivity index (χ0v) is 20.1. The van der Waals surface area contributed by atoms with Crippen molar-refractivity contribution >= 4 is 11.9 Å². The van der Waals surface area contributed by atoms with E-state index in [1.54, 1.807) is 7.11 Å². The van der Waals surface area contributed by atoms with Crippen LogP contribution < -0.4 is 4.90 Å². The van der Waals surface area contributed by atoms with Gasteiger partial charge in [0.25, 0.3) is 0 Å². The lowest BCUT2D eigenvalue weighted by atomic mass is 9.65. The van der Waals surface area contributed by atoms with Crippen LogP contribution in [0.3, 0.4) is 0 Å². The molecule has 2 aromatic heterocycles. The number of carboxylic acid groups (broad SMARTS) is 1. The predicted octanol–water partition coefficient (Wildman–Crippen LogP) is 5.04. The number of rotatable bonds is 6. The fraction of sp³-hybridized carbons (Fsp3) is 0.692. The van der Waals surface area contributed by atoms with Crippen molar-refractivity contribution in [2.45, 2.75) is 94.7 Å². The first kappa shape index (κ1) is 22.0. The number of aromatic carboxylic acids is 1. The van der Waals surface area contributed by atoms with Crippen molar-refractivity contribution in [2.24, 2.45) is 11.8 Å². The van der Waals surface area contributed by atoms with Gasteiger partial charge in [-0.15, -0.1) is 0 Å². The van der Waals surface area contributed by atoms with Crippen molar-refractivity contribution in [1.82, 2.24) is 15.1 Å². The lowest BCUT2D eigenvalue weighted by molar-refractivity contribution is -0.0674. The van der Waals surface area contributed by atoms with Crippen LogP contribution in [0.5, 0.6) is 0 Å². The van der Waals surface area contributed by atoms with Gasteiger partial charge in [-0.25, -0.2) is 14.8 Å². The number of anilines is 1. The van der Waals surface area contributed by atoms with E-state index in [2.05, 4.69) is 15.0 Å². The lowest BCUT2D eigenvalue weighted by Gasteiger charge is -2.54. The molecule has 2 aliphatic heterocycles. The number of hydrogen-bond acceptors (Lipinski definition) is 7. The minimum absolute atomic E-state index is 0.0303. The van der Waals surface area contributed by atoms with Gasteiger partial charge in [-0.05, 0) is 56.9 Å². The van der Waals surface area contributed by atoms with Crippen LogP contribution in [0.4, 0.5) is 5.95 Å². The Bertz CT molecular complexity index is 1080. The smallest absolute Gasteiger partial charge is 0.354 e. The van der Waals surface area contributed by atoms with E-state index < -0.39 is 11.7 Å². The number of aromatic nitrogens is 3.